The van der Waals surface area contributed by atoms with Crippen molar-refractivity contribution in [3.63, 3.8) is 0 Å². The van der Waals surface area contributed by atoms with Gasteiger partial charge in [0.1, 0.15) is 11.0 Å². The van der Waals surface area contributed by atoms with Crippen molar-refractivity contribution in [2.45, 2.75) is 39.7 Å². The third-order valence-corrected chi connectivity index (χ3v) is 8.15. The van der Waals surface area contributed by atoms with Crippen molar-refractivity contribution >= 4 is 39.1 Å². The molecule has 0 fully saturated rings. The van der Waals surface area contributed by atoms with Gasteiger partial charge in [-0.05, 0) is 86.9 Å². The number of aliphatic imine (C=N–C) groups is 1. The average molecular weight is 619 g/mol. The molecule has 1 atom stereocenters. The molecule has 0 amide bonds. The Morgan fingerprint density at radius 1 is 0.894 bits per heavy atom. The fraction of sp³-hybridized carbons (Fsp3) is 0.146. The topological polar surface area (TPSA) is 67.7 Å². The molecule has 6 heteroatoms. The Labute approximate surface area is 275 Å². The molecule has 6 nitrogen and oxygen atoms in total. The molecule has 0 aliphatic heterocycles. The minimum absolute atomic E-state index is 0.0865. The van der Waals surface area contributed by atoms with Gasteiger partial charge in [-0.15, -0.1) is 0 Å². The predicted molar refractivity (Wildman–Crippen MR) is 194 cm³/mol. The monoisotopic (exact) mass is 618 g/mol. The van der Waals surface area contributed by atoms with E-state index in [1.165, 1.54) is 0 Å². The van der Waals surface area contributed by atoms with Gasteiger partial charge in [0, 0.05) is 41.4 Å². The summed E-state index contributed by atoms with van der Waals surface area (Å²) in [6, 6.07) is 15.7. The van der Waals surface area contributed by atoms with E-state index in [1.807, 2.05) is 79.0 Å². The second-order valence-electron chi connectivity index (χ2n) is 11.5. The Bertz CT molecular complexity index is 2040. The zero-order chi connectivity index (χ0) is 32.6. The Morgan fingerprint density at radius 2 is 1.66 bits per heavy atom. The van der Waals surface area contributed by atoms with E-state index in [0.717, 1.165) is 68.7 Å². The first kappa shape index (κ1) is 31.2. The van der Waals surface area contributed by atoms with Gasteiger partial charge in [-0.3, -0.25) is 4.99 Å². The molecule has 0 radical (unpaired) electrons. The number of nitrogens with zero attached hydrogens (tertiary/aromatic N) is 4. The van der Waals surface area contributed by atoms with Crippen LogP contribution >= 0.6 is 0 Å². The van der Waals surface area contributed by atoms with Crippen molar-refractivity contribution in [1.82, 2.24) is 14.9 Å². The summed E-state index contributed by atoms with van der Waals surface area (Å²) in [5.74, 6) is 1.17. The summed E-state index contributed by atoms with van der Waals surface area (Å²) in [5.41, 5.74) is 9.41. The van der Waals surface area contributed by atoms with Gasteiger partial charge in [0.2, 0.25) is 11.8 Å². The number of hydrogen-bond acceptors (Lipinski definition) is 6. The maximum absolute atomic E-state index is 6.03. The molecular weight excluding hydrogens is 580 g/mol. The molecular formula is C41H38N4O2. The first-order valence-electron chi connectivity index (χ1n) is 15.8. The van der Waals surface area contributed by atoms with Gasteiger partial charge in [-0.25, -0.2) is 9.97 Å². The molecule has 0 spiro atoms. The number of allylic oxidation sites excluding steroid dienone is 15. The SMILES string of the molecule is C=C/C(=C\C=C\N(/C(C)=C/C=C(C)/C(C)=C/N=C1/C=CC=CC1)C1C=CC(c2nc3ccccc3o2)=CC1)c1nc2ccccc2o1. The number of fused-ring (bicyclic) bond motifs is 2. The standard InChI is InChI=1S/C41H38N4O2/c1-5-32(40-43-36-17-9-11-19-38(36)46-40)14-13-27-45(31(4)22-21-29(2)30(3)28-42-34-15-7-6-8-16-34)35-25-23-33(24-26-35)41-44-37-18-10-12-20-39(37)47-41/h5-15,17-25,27-28,35H,1,16,26H2,2-4H3/b27-13+,29-21+,30-28+,31-22+,32-14+,42-34-. The van der Waals surface area contributed by atoms with Crippen LogP contribution in [0.1, 0.15) is 45.4 Å². The number of para-hydroxylation sites is 4. The predicted octanol–water partition coefficient (Wildman–Crippen LogP) is 10.5. The summed E-state index contributed by atoms with van der Waals surface area (Å²) in [6.07, 6.45) is 30.5. The molecule has 0 saturated carbocycles. The Hall–Kier alpha value is -5.75. The van der Waals surface area contributed by atoms with Crippen LogP contribution in [0.25, 0.3) is 33.3 Å². The van der Waals surface area contributed by atoms with Crippen molar-refractivity contribution in [2.24, 2.45) is 4.99 Å². The number of benzene rings is 2. The lowest BCUT2D eigenvalue weighted by molar-refractivity contribution is 0.394. The lowest BCUT2D eigenvalue weighted by Crippen LogP contribution is -2.28. The molecule has 2 aliphatic carbocycles. The summed E-state index contributed by atoms with van der Waals surface area (Å²) in [7, 11) is 0. The fourth-order valence-electron chi connectivity index (χ4n) is 5.26. The molecule has 0 N–H and O–H groups in total. The maximum atomic E-state index is 6.03. The Kier molecular flexibility index (Phi) is 9.68. The third-order valence-electron chi connectivity index (χ3n) is 8.15. The largest absolute Gasteiger partial charge is 0.436 e. The van der Waals surface area contributed by atoms with E-state index in [1.54, 1.807) is 6.08 Å². The molecule has 1 unspecified atom stereocenters. The van der Waals surface area contributed by atoms with E-state index in [9.17, 15) is 0 Å². The van der Waals surface area contributed by atoms with Gasteiger partial charge in [-0.1, -0.05) is 79.5 Å². The second-order valence-corrected chi connectivity index (χ2v) is 11.5. The zero-order valence-corrected chi connectivity index (χ0v) is 27.0. The lowest BCUT2D eigenvalue weighted by Gasteiger charge is -2.30. The van der Waals surface area contributed by atoms with E-state index in [0.29, 0.717) is 11.8 Å². The van der Waals surface area contributed by atoms with Crippen molar-refractivity contribution in [1.29, 1.82) is 0 Å². The second kappa shape index (κ2) is 14.6. The van der Waals surface area contributed by atoms with Crippen LogP contribution in [0.4, 0.5) is 0 Å². The van der Waals surface area contributed by atoms with Gasteiger partial charge in [-0.2, -0.15) is 0 Å². The first-order valence-corrected chi connectivity index (χ1v) is 15.8. The molecule has 2 aromatic carbocycles. The highest BCUT2D eigenvalue weighted by Crippen LogP contribution is 2.28. The number of aromatic nitrogens is 2. The number of hydrogen-bond donors (Lipinski definition) is 0. The third kappa shape index (κ3) is 7.56. The van der Waals surface area contributed by atoms with E-state index >= 15 is 0 Å². The van der Waals surface area contributed by atoms with Crippen molar-refractivity contribution in [3.05, 3.63) is 169 Å². The molecule has 0 bridgehead atoms. The van der Waals surface area contributed by atoms with Gasteiger partial charge in [0.05, 0.1) is 6.04 Å². The summed E-state index contributed by atoms with van der Waals surface area (Å²) < 4.78 is 12.0. The number of oxazole rings is 2. The summed E-state index contributed by atoms with van der Waals surface area (Å²) in [4.78, 5) is 16.3. The van der Waals surface area contributed by atoms with Crippen LogP contribution in [0.3, 0.4) is 0 Å². The average Bonchev–Trinajstić information content (AvgIpc) is 3.75. The molecule has 2 heterocycles. The van der Waals surface area contributed by atoms with Crippen LogP contribution in [-0.2, 0) is 0 Å². The Balaban J connectivity index is 1.25. The highest BCUT2D eigenvalue weighted by molar-refractivity contribution is 5.97. The first-order chi connectivity index (χ1) is 23.0. The van der Waals surface area contributed by atoms with Gasteiger partial charge in [0.15, 0.2) is 11.2 Å². The van der Waals surface area contributed by atoms with Crippen LogP contribution in [-0.4, -0.2) is 26.6 Å². The zero-order valence-electron chi connectivity index (χ0n) is 27.0. The summed E-state index contributed by atoms with van der Waals surface area (Å²) >= 11 is 0. The molecule has 2 aromatic heterocycles. The fourth-order valence-corrected chi connectivity index (χ4v) is 5.26. The minimum atomic E-state index is 0.0865. The van der Waals surface area contributed by atoms with Crippen LogP contribution in [0.15, 0.2) is 171 Å². The Morgan fingerprint density at radius 3 is 2.34 bits per heavy atom. The van der Waals surface area contributed by atoms with Crippen LogP contribution < -0.4 is 0 Å². The molecule has 47 heavy (non-hydrogen) atoms. The molecule has 234 valence electrons. The van der Waals surface area contributed by atoms with Gasteiger partial charge in [0.25, 0.3) is 0 Å². The summed E-state index contributed by atoms with van der Waals surface area (Å²) in [5, 5.41) is 0. The van der Waals surface area contributed by atoms with Gasteiger partial charge < -0.3 is 13.7 Å². The van der Waals surface area contributed by atoms with E-state index in [2.05, 4.69) is 95.9 Å². The normalized spacial score (nSPS) is 18.6. The molecule has 2 aliphatic rings. The molecule has 0 saturated heterocycles. The van der Waals surface area contributed by atoms with Crippen molar-refractivity contribution < 1.29 is 8.83 Å². The van der Waals surface area contributed by atoms with Crippen molar-refractivity contribution in [3.8, 4) is 0 Å². The van der Waals surface area contributed by atoms with E-state index in [4.69, 9.17) is 8.83 Å². The summed E-state index contributed by atoms with van der Waals surface area (Å²) in [6.45, 7) is 10.3. The van der Waals surface area contributed by atoms with E-state index < -0.39 is 0 Å². The van der Waals surface area contributed by atoms with Crippen LogP contribution in [0.2, 0.25) is 0 Å². The highest BCUT2D eigenvalue weighted by atomic mass is 16.4. The quantitative estimate of drug-likeness (QED) is 0.165. The van der Waals surface area contributed by atoms with Crippen LogP contribution in [0, 0.1) is 0 Å². The minimum Gasteiger partial charge on any atom is -0.436 e. The molecule has 6 rings (SSSR count). The number of rotatable bonds is 10. The molecule has 4 aromatic rings. The van der Waals surface area contributed by atoms with Crippen molar-refractivity contribution in [2.75, 3.05) is 0 Å². The maximum Gasteiger partial charge on any atom is 0.227 e. The van der Waals surface area contributed by atoms with Gasteiger partial charge >= 0.3 is 0 Å². The highest BCUT2D eigenvalue weighted by Gasteiger charge is 2.19. The smallest absolute Gasteiger partial charge is 0.227 e. The lowest BCUT2D eigenvalue weighted by atomic mass is 10.0. The van der Waals surface area contributed by atoms with E-state index in [-0.39, 0.29) is 6.04 Å². The van der Waals surface area contributed by atoms with Crippen LogP contribution in [0.5, 0.6) is 0 Å².